The molecule has 0 spiro atoms. The predicted octanol–water partition coefficient (Wildman–Crippen LogP) is 4.78. The lowest BCUT2D eigenvalue weighted by atomic mass is 10.0. The van der Waals surface area contributed by atoms with Gasteiger partial charge in [-0.25, -0.2) is 0 Å². The number of benzene rings is 2. The standard InChI is InChI=1S/C17H16Cl2N2/c18-15-7-6-13(16(19)12-15)9-11-21-17(8-10-20)14-4-2-1-3-5-14/h1-7,12,17,21H,8-9,11H2. The van der Waals surface area contributed by atoms with Crippen molar-refractivity contribution in [1.29, 1.82) is 5.26 Å². The second-order valence-corrected chi connectivity index (χ2v) is 5.61. The molecule has 0 aliphatic carbocycles. The molecule has 2 aromatic rings. The number of rotatable bonds is 6. The Morgan fingerprint density at radius 2 is 1.86 bits per heavy atom. The summed E-state index contributed by atoms with van der Waals surface area (Å²) in [6.07, 6.45) is 1.24. The highest BCUT2D eigenvalue weighted by atomic mass is 35.5. The van der Waals surface area contributed by atoms with Crippen LogP contribution >= 0.6 is 23.2 Å². The Hall–Kier alpha value is -1.53. The molecule has 0 fully saturated rings. The van der Waals surface area contributed by atoms with E-state index in [0.717, 1.165) is 24.1 Å². The van der Waals surface area contributed by atoms with Crippen molar-refractivity contribution in [3.05, 3.63) is 69.7 Å². The molecule has 0 aliphatic heterocycles. The largest absolute Gasteiger partial charge is 0.309 e. The zero-order valence-electron chi connectivity index (χ0n) is 11.5. The van der Waals surface area contributed by atoms with Gasteiger partial charge in [0.25, 0.3) is 0 Å². The van der Waals surface area contributed by atoms with E-state index in [1.807, 2.05) is 42.5 Å². The minimum Gasteiger partial charge on any atom is -0.309 e. The monoisotopic (exact) mass is 318 g/mol. The lowest BCUT2D eigenvalue weighted by Gasteiger charge is -2.16. The number of hydrogen-bond acceptors (Lipinski definition) is 2. The highest BCUT2D eigenvalue weighted by Gasteiger charge is 2.10. The van der Waals surface area contributed by atoms with Gasteiger partial charge in [0.2, 0.25) is 0 Å². The maximum absolute atomic E-state index is 8.96. The summed E-state index contributed by atoms with van der Waals surface area (Å²) in [5.74, 6) is 0. The van der Waals surface area contributed by atoms with Gasteiger partial charge in [0.1, 0.15) is 0 Å². The van der Waals surface area contributed by atoms with Crippen molar-refractivity contribution in [2.45, 2.75) is 18.9 Å². The highest BCUT2D eigenvalue weighted by Crippen LogP contribution is 2.22. The van der Waals surface area contributed by atoms with Gasteiger partial charge in [0.05, 0.1) is 12.5 Å². The van der Waals surface area contributed by atoms with Crippen molar-refractivity contribution in [2.24, 2.45) is 0 Å². The second-order valence-electron chi connectivity index (χ2n) is 4.77. The molecule has 2 nitrogen and oxygen atoms in total. The number of hydrogen-bond donors (Lipinski definition) is 1. The smallest absolute Gasteiger partial charge is 0.0641 e. The summed E-state index contributed by atoms with van der Waals surface area (Å²) in [4.78, 5) is 0. The number of nitriles is 1. The van der Waals surface area contributed by atoms with Crippen molar-refractivity contribution < 1.29 is 0 Å². The minimum absolute atomic E-state index is 0.0438. The molecule has 1 N–H and O–H groups in total. The maximum atomic E-state index is 8.96. The lowest BCUT2D eigenvalue weighted by Crippen LogP contribution is -2.23. The fraction of sp³-hybridized carbons (Fsp3) is 0.235. The molecule has 21 heavy (non-hydrogen) atoms. The van der Waals surface area contributed by atoms with Crippen LogP contribution in [0.15, 0.2) is 48.5 Å². The third kappa shape index (κ3) is 4.75. The molecule has 2 rings (SSSR count). The molecule has 0 heterocycles. The summed E-state index contributed by atoms with van der Waals surface area (Å²) < 4.78 is 0. The summed E-state index contributed by atoms with van der Waals surface area (Å²) in [6, 6.07) is 17.8. The zero-order valence-corrected chi connectivity index (χ0v) is 13.0. The molecular weight excluding hydrogens is 303 g/mol. The molecule has 4 heteroatoms. The quantitative estimate of drug-likeness (QED) is 0.831. The molecule has 0 saturated heterocycles. The summed E-state index contributed by atoms with van der Waals surface area (Å²) in [6.45, 7) is 0.753. The number of nitrogens with one attached hydrogen (secondary N) is 1. The maximum Gasteiger partial charge on any atom is 0.0641 e. The Morgan fingerprint density at radius 3 is 2.52 bits per heavy atom. The first-order valence-electron chi connectivity index (χ1n) is 6.80. The van der Waals surface area contributed by atoms with E-state index in [4.69, 9.17) is 28.5 Å². The Labute approximate surface area is 135 Å². The first kappa shape index (κ1) is 15.9. The molecule has 108 valence electrons. The van der Waals surface area contributed by atoms with Gasteiger partial charge in [0.15, 0.2) is 0 Å². The molecule has 0 amide bonds. The Kier molecular flexibility index (Phi) is 6.07. The van der Waals surface area contributed by atoms with Crippen LogP contribution in [0.2, 0.25) is 10.0 Å². The van der Waals surface area contributed by atoms with E-state index in [0.29, 0.717) is 16.5 Å². The normalized spacial score (nSPS) is 11.9. The SMILES string of the molecule is N#CCC(NCCc1ccc(Cl)cc1Cl)c1ccccc1. The van der Waals surface area contributed by atoms with Gasteiger partial charge in [0, 0.05) is 16.1 Å². The van der Waals surface area contributed by atoms with E-state index in [1.54, 1.807) is 6.07 Å². The lowest BCUT2D eigenvalue weighted by molar-refractivity contribution is 0.546. The van der Waals surface area contributed by atoms with Crippen molar-refractivity contribution in [2.75, 3.05) is 6.54 Å². The number of nitrogens with zero attached hydrogens (tertiary/aromatic N) is 1. The molecule has 1 unspecified atom stereocenters. The van der Waals surface area contributed by atoms with Gasteiger partial charge in [-0.15, -0.1) is 0 Å². The van der Waals surface area contributed by atoms with Gasteiger partial charge in [-0.2, -0.15) is 5.26 Å². The number of halogens is 2. The van der Waals surface area contributed by atoms with E-state index < -0.39 is 0 Å². The zero-order chi connectivity index (χ0) is 15.1. The summed E-state index contributed by atoms with van der Waals surface area (Å²) in [5.41, 5.74) is 2.18. The predicted molar refractivity (Wildman–Crippen MR) is 87.6 cm³/mol. The van der Waals surface area contributed by atoms with Crippen molar-refractivity contribution in [3.8, 4) is 6.07 Å². The van der Waals surface area contributed by atoms with E-state index in [2.05, 4.69) is 11.4 Å². The average molecular weight is 319 g/mol. The van der Waals surface area contributed by atoms with E-state index >= 15 is 0 Å². The van der Waals surface area contributed by atoms with Gasteiger partial charge in [-0.05, 0) is 36.2 Å². The van der Waals surface area contributed by atoms with Crippen molar-refractivity contribution in [3.63, 3.8) is 0 Å². The summed E-state index contributed by atoms with van der Waals surface area (Å²) in [7, 11) is 0. The molecule has 1 atom stereocenters. The summed E-state index contributed by atoms with van der Waals surface area (Å²) in [5, 5.41) is 13.7. The minimum atomic E-state index is 0.0438. The third-order valence-corrected chi connectivity index (χ3v) is 3.88. The molecular formula is C17H16Cl2N2. The Balaban J connectivity index is 1.95. The van der Waals surface area contributed by atoms with Crippen molar-refractivity contribution in [1.82, 2.24) is 5.32 Å². The van der Waals surface area contributed by atoms with Gasteiger partial charge in [-0.3, -0.25) is 0 Å². The first-order valence-corrected chi connectivity index (χ1v) is 7.55. The van der Waals surface area contributed by atoms with E-state index in [1.165, 1.54) is 0 Å². The molecule has 0 radical (unpaired) electrons. The van der Waals surface area contributed by atoms with Crippen LogP contribution in [0, 0.1) is 11.3 Å². The van der Waals surface area contributed by atoms with Crippen LogP contribution in [-0.2, 0) is 6.42 Å². The molecule has 2 aromatic carbocycles. The van der Waals surface area contributed by atoms with E-state index in [9.17, 15) is 0 Å². The van der Waals surface area contributed by atoms with Gasteiger partial charge in [-0.1, -0.05) is 59.6 Å². The van der Waals surface area contributed by atoms with Crippen LogP contribution in [0.4, 0.5) is 0 Å². The molecule has 0 bridgehead atoms. The van der Waals surface area contributed by atoms with Crippen LogP contribution in [0.5, 0.6) is 0 Å². The second kappa shape index (κ2) is 8.05. The van der Waals surface area contributed by atoms with Gasteiger partial charge >= 0.3 is 0 Å². The van der Waals surface area contributed by atoms with Gasteiger partial charge < -0.3 is 5.32 Å². The van der Waals surface area contributed by atoms with Crippen LogP contribution in [0.3, 0.4) is 0 Å². The first-order chi connectivity index (χ1) is 10.2. The van der Waals surface area contributed by atoms with E-state index in [-0.39, 0.29) is 6.04 Å². The van der Waals surface area contributed by atoms with Crippen LogP contribution in [0.25, 0.3) is 0 Å². The fourth-order valence-electron chi connectivity index (χ4n) is 2.19. The topological polar surface area (TPSA) is 35.8 Å². The Bertz CT molecular complexity index is 620. The fourth-order valence-corrected chi connectivity index (χ4v) is 2.69. The third-order valence-electron chi connectivity index (χ3n) is 3.30. The van der Waals surface area contributed by atoms with Crippen LogP contribution < -0.4 is 5.32 Å². The molecule has 0 aromatic heterocycles. The average Bonchev–Trinajstić information content (AvgIpc) is 2.49. The highest BCUT2D eigenvalue weighted by molar-refractivity contribution is 6.35. The van der Waals surface area contributed by atoms with Crippen molar-refractivity contribution >= 4 is 23.2 Å². The summed E-state index contributed by atoms with van der Waals surface area (Å²) >= 11 is 12.0. The Morgan fingerprint density at radius 1 is 1.10 bits per heavy atom. The molecule has 0 saturated carbocycles. The molecule has 0 aliphatic rings. The van der Waals surface area contributed by atoms with Crippen LogP contribution in [-0.4, -0.2) is 6.54 Å². The van der Waals surface area contributed by atoms with Crippen LogP contribution in [0.1, 0.15) is 23.6 Å².